The topological polar surface area (TPSA) is 33.2 Å². The molecule has 0 unspecified atom stereocenters. The van der Waals surface area contributed by atoms with Crippen molar-refractivity contribution in [1.29, 1.82) is 0 Å². The van der Waals surface area contributed by atoms with Gasteiger partial charge in [-0.05, 0) is 43.0 Å². The standard InChI is InChI=1S/C15H16N2O/c18-11-17-9-2-1-5-15(17)13-6-7-14-12(10-13)4-3-8-16-14/h3-4,6-8,10-11,15H,1-2,5,9H2/t15-/m1/s1. The zero-order chi connectivity index (χ0) is 12.4. The molecule has 0 N–H and O–H groups in total. The van der Waals surface area contributed by atoms with Gasteiger partial charge in [-0.3, -0.25) is 9.78 Å². The largest absolute Gasteiger partial charge is 0.338 e. The van der Waals surface area contributed by atoms with E-state index in [2.05, 4.69) is 23.2 Å². The molecule has 0 radical (unpaired) electrons. The molecule has 92 valence electrons. The van der Waals surface area contributed by atoms with Crippen LogP contribution < -0.4 is 0 Å². The SMILES string of the molecule is O=CN1CCCC[C@@H]1c1ccc2ncccc2c1. The van der Waals surface area contributed by atoms with Crippen LogP contribution >= 0.6 is 0 Å². The molecule has 0 aliphatic carbocycles. The Morgan fingerprint density at radius 3 is 3.11 bits per heavy atom. The van der Waals surface area contributed by atoms with Crippen LogP contribution in [0.4, 0.5) is 0 Å². The average molecular weight is 240 g/mol. The van der Waals surface area contributed by atoms with E-state index in [1.807, 2.05) is 17.0 Å². The van der Waals surface area contributed by atoms with Gasteiger partial charge in [0.15, 0.2) is 0 Å². The molecule has 3 rings (SSSR count). The quantitative estimate of drug-likeness (QED) is 0.756. The minimum absolute atomic E-state index is 0.237. The van der Waals surface area contributed by atoms with E-state index in [9.17, 15) is 4.79 Å². The van der Waals surface area contributed by atoms with E-state index in [0.717, 1.165) is 36.7 Å². The van der Waals surface area contributed by atoms with Crippen LogP contribution in [-0.2, 0) is 4.79 Å². The van der Waals surface area contributed by atoms with E-state index in [1.54, 1.807) is 6.20 Å². The van der Waals surface area contributed by atoms with Crippen LogP contribution in [0.2, 0.25) is 0 Å². The van der Waals surface area contributed by atoms with Gasteiger partial charge < -0.3 is 4.90 Å². The summed E-state index contributed by atoms with van der Waals surface area (Å²) in [6.07, 6.45) is 6.16. The highest BCUT2D eigenvalue weighted by molar-refractivity contribution is 5.79. The molecule has 1 atom stereocenters. The highest BCUT2D eigenvalue weighted by Crippen LogP contribution is 2.31. The Kier molecular flexibility index (Phi) is 2.97. The summed E-state index contributed by atoms with van der Waals surface area (Å²) in [5, 5.41) is 1.14. The van der Waals surface area contributed by atoms with Gasteiger partial charge in [0, 0.05) is 18.1 Å². The van der Waals surface area contributed by atoms with Crippen molar-refractivity contribution in [2.75, 3.05) is 6.54 Å². The first-order valence-corrected chi connectivity index (χ1v) is 6.44. The molecule has 2 aromatic rings. The van der Waals surface area contributed by atoms with E-state index in [0.29, 0.717) is 0 Å². The lowest BCUT2D eigenvalue weighted by Crippen LogP contribution is -2.32. The third-order valence-electron chi connectivity index (χ3n) is 3.69. The molecule has 1 amide bonds. The summed E-state index contributed by atoms with van der Waals surface area (Å²) in [6.45, 7) is 0.874. The molecule has 0 bridgehead atoms. The Balaban J connectivity index is 1.99. The summed E-state index contributed by atoms with van der Waals surface area (Å²) in [7, 11) is 0. The molecule has 1 aliphatic heterocycles. The number of aromatic nitrogens is 1. The number of nitrogens with zero attached hydrogens (tertiary/aromatic N) is 2. The molecular formula is C15H16N2O. The molecule has 1 saturated heterocycles. The van der Waals surface area contributed by atoms with E-state index >= 15 is 0 Å². The Labute approximate surface area is 106 Å². The fourth-order valence-electron chi connectivity index (χ4n) is 2.74. The molecule has 0 spiro atoms. The van der Waals surface area contributed by atoms with Crippen LogP contribution in [-0.4, -0.2) is 22.8 Å². The van der Waals surface area contributed by atoms with Gasteiger partial charge in [-0.15, -0.1) is 0 Å². The molecule has 1 aromatic carbocycles. The maximum absolute atomic E-state index is 11.1. The van der Waals surface area contributed by atoms with Crippen molar-refractivity contribution < 1.29 is 4.79 Å². The van der Waals surface area contributed by atoms with Crippen molar-refractivity contribution in [3.05, 3.63) is 42.1 Å². The maximum atomic E-state index is 11.1. The third-order valence-corrected chi connectivity index (χ3v) is 3.69. The number of likely N-dealkylation sites (tertiary alicyclic amines) is 1. The monoisotopic (exact) mass is 240 g/mol. The fraction of sp³-hybridized carbons (Fsp3) is 0.333. The fourth-order valence-corrected chi connectivity index (χ4v) is 2.74. The van der Waals surface area contributed by atoms with Gasteiger partial charge in [0.25, 0.3) is 0 Å². The highest BCUT2D eigenvalue weighted by Gasteiger charge is 2.22. The van der Waals surface area contributed by atoms with Crippen LogP contribution in [0.1, 0.15) is 30.9 Å². The second-order valence-corrected chi connectivity index (χ2v) is 4.81. The Morgan fingerprint density at radius 1 is 1.28 bits per heavy atom. The molecular weight excluding hydrogens is 224 g/mol. The Bertz CT molecular complexity index is 567. The summed E-state index contributed by atoms with van der Waals surface area (Å²) in [6, 6.07) is 10.6. The highest BCUT2D eigenvalue weighted by atomic mass is 16.1. The number of hydrogen-bond donors (Lipinski definition) is 0. The number of amides is 1. The number of piperidine rings is 1. The van der Waals surface area contributed by atoms with Crippen molar-refractivity contribution in [3.8, 4) is 0 Å². The van der Waals surface area contributed by atoms with Crippen molar-refractivity contribution in [2.24, 2.45) is 0 Å². The number of carbonyl (C=O) groups excluding carboxylic acids is 1. The van der Waals surface area contributed by atoms with Gasteiger partial charge in [0.05, 0.1) is 11.6 Å². The zero-order valence-electron chi connectivity index (χ0n) is 10.2. The van der Waals surface area contributed by atoms with Crippen LogP contribution in [0.15, 0.2) is 36.5 Å². The minimum atomic E-state index is 0.237. The summed E-state index contributed by atoms with van der Waals surface area (Å²) < 4.78 is 0. The first-order chi connectivity index (χ1) is 8.88. The minimum Gasteiger partial charge on any atom is -0.338 e. The normalized spacial score (nSPS) is 20.0. The van der Waals surface area contributed by atoms with Crippen molar-refractivity contribution in [1.82, 2.24) is 9.88 Å². The third kappa shape index (κ3) is 1.96. The van der Waals surface area contributed by atoms with Gasteiger partial charge in [-0.2, -0.15) is 0 Å². The van der Waals surface area contributed by atoms with Crippen LogP contribution in [0.5, 0.6) is 0 Å². The average Bonchev–Trinajstić information content (AvgIpc) is 2.46. The number of fused-ring (bicyclic) bond motifs is 1. The first-order valence-electron chi connectivity index (χ1n) is 6.44. The summed E-state index contributed by atoms with van der Waals surface area (Å²) in [4.78, 5) is 17.4. The zero-order valence-corrected chi connectivity index (χ0v) is 10.2. The molecule has 2 heterocycles. The molecule has 3 nitrogen and oxygen atoms in total. The van der Waals surface area contributed by atoms with E-state index < -0.39 is 0 Å². The number of carbonyl (C=O) groups is 1. The van der Waals surface area contributed by atoms with Crippen LogP contribution in [0.25, 0.3) is 10.9 Å². The lowest BCUT2D eigenvalue weighted by molar-refractivity contribution is -0.121. The second kappa shape index (κ2) is 4.77. The lowest BCUT2D eigenvalue weighted by Gasteiger charge is -2.33. The van der Waals surface area contributed by atoms with E-state index in [1.165, 1.54) is 12.0 Å². The van der Waals surface area contributed by atoms with Gasteiger partial charge in [-0.25, -0.2) is 0 Å². The maximum Gasteiger partial charge on any atom is 0.210 e. The first kappa shape index (κ1) is 11.2. The van der Waals surface area contributed by atoms with E-state index in [4.69, 9.17) is 0 Å². The van der Waals surface area contributed by atoms with Crippen molar-refractivity contribution in [3.63, 3.8) is 0 Å². The predicted molar refractivity (Wildman–Crippen MR) is 71.1 cm³/mol. The van der Waals surface area contributed by atoms with Crippen molar-refractivity contribution >= 4 is 17.3 Å². The summed E-state index contributed by atoms with van der Waals surface area (Å²) in [5.41, 5.74) is 2.23. The van der Waals surface area contributed by atoms with Crippen LogP contribution in [0.3, 0.4) is 0 Å². The number of benzene rings is 1. The molecule has 3 heteroatoms. The summed E-state index contributed by atoms with van der Waals surface area (Å²) >= 11 is 0. The molecule has 0 saturated carbocycles. The second-order valence-electron chi connectivity index (χ2n) is 4.81. The van der Waals surface area contributed by atoms with Gasteiger partial charge in [0.2, 0.25) is 6.41 Å². The molecule has 18 heavy (non-hydrogen) atoms. The number of pyridine rings is 1. The Hall–Kier alpha value is -1.90. The van der Waals surface area contributed by atoms with Crippen molar-refractivity contribution in [2.45, 2.75) is 25.3 Å². The smallest absolute Gasteiger partial charge is 0.210 e. The van der Waals surface area contributed by atoms with Gasteiger partial charge in [0.1, 0.15) is 0 Å². The lowest BCUT2D eigenvalue weighted by atomic mass is 9.95. The molecule has 1 aromatic heterocycles. The van der Waals surface area contributed by atoms with Gasteiger partial charge >= 0.3 is 0 Å². The summed E-state index contributed by atoms with van der Waals surface area (Å²) in [5.74, 6) is 0. The number of rotatable bonds is 2. The molecule has 1 aliphatic rings. The van der Waals surface area contributed by atoms with Gasteiger partial charge in [-0.1, -0.05) is 12.1 Å². The predicted octanol–water partition coefficient (Wildman–Crippen LogP) is 2.92. The van der Waals surface area contributed by atoms with E-state index in [-0.39, 0.29) is 6.04 Å². The number of hydrogen-bond acceptors (Lipinski definition) is 2. The molecule has 1 fully saturated rings. The Morgan fingerprint density at radius 2 is 2.22 bits per heavy atom. The van der Waals surface area contributed by atoms with Crippen LogP contribution in [0, 0.1) is 0 Å².